The van der Waals surface area contributed by atoms with Crippen LogP contribution in [0.4, 0.5) is 0 Å². The maximum absolute atomic E-state index is 12.3. The number of methoxy groups -OCH3 is 1. The molecule has 3 aliphatic rings. The molecule has 11 nitrogen and oxygen atoms in total. The summed E-state index contributed by atoms with van der Waals surface area (Å²) in [5, 5.41) is 0. The highest BCUT2D eigenvalue weighted by Crippen LogP contribution is 2.45. The van der Waals surface area contributed by atoms with Crippen molar-refractivity contribution in [1.82, 2.24) is 0 Å². The lowest BCUT2D eigenvalue weighted by Gasteiger charge is -2.44. The van der Waals surface area contributed by atoms with Gasteiger partial charge in [0.1, 0.15) is 30.5 Å². The molecule has 0 aliphatic carbocycles. The summed E-state index contributed by atoms with van der Waals surface area (Å²) < 4.78 is 48.3. The highest BCUT2D eigenvalue weighted by molar-refractivity contribution is 5.70. The van der Waals surface area contributed by atoms with Crippen molar-refractivity contribution < 1.29 is 52.3 Å². The first-order valence-corrected chi connectivity index (χ1v) is 14.0. The number of fused-ring (bicyclic) bond motifs is 1. The Morgan fingerprint density at radius 3 is 2.08 bits per heavy atom. The van der Waals surface area contributed by atoms with E-state index in [-0.39, 0.29) is 19.0 Å². The first-order chi connectivity index (χ1) is 18.6. The zero-order chi connectivity index (χ0) is 28.8. The monoisotopic (exact) mass is 556 g/mol. The Balaban J connectivity index is 1.99. The molecule has 3 aliphatic heterocycles. The van der Waals surface area contributed by atoms with Crippen molar-refractivity contribution in [1.29, 1.82) is 0 Å². The van der Waals surface area contributed by atoms with Gasteiger partial charge in [0, 0.05) is 13.8 Å². The molecule has 0 amide bonds. The van der Waals surface area contributed by atoms with Crippen molar-refractivity contribution in [3.05, 3.63) is 12.2 Å². The molecular weight excluding hydrogens is 512 g/mol. The third-order valence-corrected chi connectivity index (χ3v) is 7.74. The maximum atomic E-state index is 12.3. The molecule has 222 valence electrons. The fourth-order valence-electron chi connectivity index (χ4n) is 5.51. The van der Waals surface area contributed by atoms with Crippen molar-refractivity contribution >= 4 is 17.9 Å². The molecule has 3 heterocycles. The second kappa shape index (κ2) is 13.5. The normalized spacial score (nSPS) is 32.0. The third-order valence-electron chi connectivity index (χ3n) is 7.74. The molecule has 3 fully saturated rings. The van der Waals surface area contributed by atoms with E-state index < -0.39 is 66.2 Å². The third kappa shape index (κ3) is 7.18. The summed E-state index contributed by atoms with van der Waals surface area (Å²) >= 11 is 0. The zero-order valence-corrected chi connectivity index (χ0v) is 24.1. The molecule has 7 atom stereocenters. The fraction of sp³-hybridized carbons (Fsp3) is 0.821. The molecule has 0 saturated carbocycles. The fourth-order valence-corrected chi connectivity index (χ4v) is 5.51. The van der Waals surface area contributed by atoms with Crippen LogP contribution in [-0.4, -0.2) is 85.9 Å². The van der Waals surface area contributed by atoms with Gasteiger partial charge in [-0.3, -0.25) is 14.4 Å². The van der Waals surface area contributed by atoms with Crippen LogP contribution in [0.25, 0.3) is 0 Å². The lowest BCUT2D eigenvalue weighted by Crippen LogP contribution is -2.63. The van der Waals surface area contributed by atoms with Crippen molar-refractivity contribution in [2.24, 2.45) is 0 Å². The van der Waals surface area contributed by atoms with Gasteiger partial charge in [-0.1, -0.05) is 39.8 Å². The van der Waals surface area contributed by atoms with E-state index >= 15 is 0 Å². The summed E-state index contributed by atoms with van der Waals surface area (Å²) in [5.74, 6) is -3.07. The maximum Gasteiger partial charge on any atom is 0.309 e. The van der Waals surface area contributed by atoms with Gasteiger partial charge < -0.3 is 37.9 Å². The summed E-state index contributed by atoms with van der Waals surface area (Å²) in [4.78, 5) is 36.0. The molecule has 11 heteroatoms. The van der Waals surface area contributed by atoms with Gasteiger partial charge >= 0.3 is 17.9 Å². The van der Waals surface area contributed by atoms with E-state index in [1.807, 2.05) is 27.7 Å². The number of ether oxygens (including phenoxy) is 8. The number of hydrogen-bond donors (Lipinski definition) is 0. The van der Waals surface area contributed by atoms with Crippen LogP contribution in [0.5, 0.6) is 0 Å². The van der Waals surface area contributed by atoms with E-state index in [1.165, 1.54) is 21.0 Å². The van der Waals surface area contributed by atoms with Crippen LogP contribution in [0.3, 0.4) is 0 Å². The summed E-state index contributed by atoms with van der Waals surface area (Å²) in [6.07, 6.45) is 1.03. The van der Waals surface area contributed by atoms with Crippen LogP contribution in [0.15, 0.2) is 12.2 Å². The van der Waals surface area contributed by atoms with Gasteiger partial charge in [-0.15, -0.1) is 0 Å². The van der Waals surface area contributed by atoms with Crippen molar-refractivity contribution in [3.8, 4) is 0 Å². The van der Waals surface area contributed by atoms with E-state index in [0.29, 0.717) is 32.1 Å². The van der Waals surface area contributed by atoms with Gasteiger partial charge in [0.25, 0.3) is 0 Å². The Hall–Kier alpha value is -2.05. The Morgan fingerprint density at radius 2 is 1.54 bits per heavy atom. The molecule has 39 heavy (non-hydrogen) atoms. The molecule has 3 rings (SSSR count). The van der Waals surface area contributed by atoms with Crippen LogP contribution < -0.4 is 0 Å². The van der Waals surface area contributed by atoms with Crippen molar-refractivity contribution in [2.45, 2.75) is 134 Å². The molecule has 0 unspecified atom stereocenters. The van der Waals surface area contributed by atoms with E-state index in [2.05, 4.69) is 0 Å². The van der Waals surface area contributed by atoms with Gasteiger partial charge in [0.15, 0.2) is 23.8 Å². The first kappa shape index (κ1) is 31.5. The highest BCUT2D eigenvalue weighted by atomic mass is 16.8. The number of rotatable bonds is 12. The lowest BCUT2D eigenvalue weighted by molar-refractivity contribution is -0.246. The smallest absolute Gasteiger partial charge is 0.309 e. The van der Waals surface area contributed by atoms with Gasteiger partial charge in [0.05, 0.1) is 20.1 Å². The van der Waals surface area contributed by atoms with Gasteiger partial charge in [0.2, 0.25) is 0 Å². The van der Waals surface area contributed by atoms with Gasteiger partial charge in [-0.05, 0) is 32.1 Å². The Morgan fingerprint density at radius 1 is 0.897 bits per heavy atom. The number of esters is 3. The van der Waals surface area contributed by atoms with E-state index in [0.717, 1.165) is 0 Å². The van der Waals surface area contributed by atoms with Crippen LogP contribution >= 0.6 is 0 Å². The minimum Gasteiger partial charge on any atom is -0.469 e. The standard InChI is InChI=1S/C28H44O11/c1-8-27(9-2)33-16-20(37-27)23(35-18(6)30)24-26-25(38-28(10-3,11-4)39-26)22(34-17(5)29)19(36-24)14-12-13-15-21(31)32-7/h12-13,19-20,22-26H,8-11,14-16H2,1-7H3/b13-12+/t19-,20+,22-,23+,24-,25-,26+/m0/s1. The zero-order valence-electron chi connectivity index (χ0n) is 24.1. The van der Waals surface area contributed by atoms with E-state index in [4.69, 9.17) is 37.9 Å². The minimum atomic E-state index is -0.921. The predicted octanol–water partition coefficient (Wildman–Crippen LogP) is 3.36. The molecule has 0 aromatic rings. The first-order valence-electron chi connectivity index (χ1n) is 14.0. The molecule has 0 spiro atoms. The molecule has 0 N–H and O–H groups in total. The molecule has 0 aromatic heterocycles. The van der Waals surface area contributed by atoms with Crippen molar-refractivity contribution in [2.75, 3.05) is 13.7 Å². The Labute approximate surface area is 230 Å². The van der Waals surface area contributed by atoms with E-state index in [9.17, 15) is 14.4 Å². The summed E-state index contributed by atoms with van der Waals surface area (Å²) in [7, 11) is 1.32. The van der Waals surface area contributed by atoms with Crippen LogP contribution in [0.2, 0.25) is 0 Å². The average molecular weight is 557 g/mol. The van der Waals surface area contributed by atoms with E-state index in [1.54, 1.807) is 12.2 Å². The largest absolute Gasteiger partial charge is 0.469 e. The Kier molecular flexibility index (Phi) is 10.9. The minimum absolute atomic E-state index is 0.0881. The van der Waals surface area contributed by atoms with Gasteiger partial charge in [-0.2, -0.15) is 0 Å². The van der Waals surface area contributed by atoms with Crippen LogP contribution in [0, 0.1) is 0 Å². The SMILES string of the molecule is CCC1(CC)O[C@H]2[C@@H](O1)[C@@H](OC(C)=O)[C@H](C/C=C/CC(=O)OC)O[C@H]2[C@H](OC(C)=O)[C@H]1COC(CC)(CC)O1. The summed E-state index contributed by atoms with van der Waals surface area (Å²) in [6.45, 7) is 10.7. The molecular formula is C28H44O11. The molecule has 3 saturated heterocycles. The highest BCUT2D eigenvalue weighted by Gasteiger charge is 2.61. The number of carbonyl (C=O) groups is 3. The number of carbonyl (C=O) groups excluding carboxylic acids is 3. The van der Waals surface area contributed by atoms with Crippen molar-refractivity contribution in [3.63, 3.8) is 0 Å². The molecule has 0 aromatic carbocycles. The predicted molar refractivity (Wildman–Crippen MR) is 137 cm³/mol. The second-order valence-electron chi connectivity index (χ2n) is 10.1. The van der Waals surface area contributed by atoms with Crippen LogP contribution in [0.1, 0.15) is 80.1 Å². The summed E-state index contributed by atoms with van der Waals surface area (Å²) in [6, 6.07) is 0. The Bertz CT molecular complexity index is 879. The molecule has 0 bridgehead atoms. The van der Waals surface area contributed by atoms with Gasteiger partial charge in [-0.25, -0.2) is 0 Å². The lowest BCUT2D eigenvalue weighted by atomic mass is 9.89. The number of hydrogen-bond acceptors (Lipinski definition) is 11. The van der Waals surface area contributed by atoms with Crippen LogP contribution in [-0.2, 0) is 52.3 Å². The topological polar surface area (TPSA) is 125 Å². The summed E-state index contributed by atoms with van der Waals surface area (Å²) in [5.41, 5.74) is 0. The molecule has 0 radical (unpaired) electrons. The quantitative estimate of drug-likeness (QED) is 0.200. The second-order valence-corrected chi connectivity index (χ2v) is 10.1. The average Bonchev–Trinajstić information content (AvgIpc) is 3.53.